The summed E-state index contributed by atoms with van der Waals surface area (Å²) < 4.78 is 19.4. The first kappa shape index (κ1) is 20.9. The van der Waals surface area contributed by atoms with Crippen LogP contribution < -0.4 is 10.6 Å². The van der Waals surface area contributed by atoms with Gasteiger partial charge < -0.3 is 15.2 Å². The van der Waals surface area contributed by atoms with E-state index in [-0.39, 0.29) is 11.8 Å². The Balaban J connectivity index is 1.37. The van der Waals surface area contributed by atoms with Crippen molar-refractivity contribution < 1.29 is 8.91 Å². The van der Waals surface area contributed by atoms with Crippen molar-refractivity contribution in [1.29, 1.82) is 5.26 Å². The lowest BCUT2D eigenvalue weighted by Crippen LogP contribution is -2.03. The van der Waals surface area contributed by atoms with Crippen LogP contribution in [0, 0.1) is 24.1 Å². The van der Waals surface area contributed by atoms with Gasteiger partial charge in [0.25, 0.3) is 0 Å². The number of hydrogen-bond donors (Lipinski definition) is 2. The summed E-state index contributed by atoms with van der Waals surface area (Å²) in [5.74, 6) is 0.987. The molecule has 0 fully saturated rings. The molecule has 9 heteroatoms. The van der Waals surface area contributed by atoms with E-state index in [4.69, 9.17) is 9.78 Å². The largest absolute Gasteiger partial charge is 0.339 e. The zero-order chi connectivity index (χ0) is 22.3. The molecule has 8 nitrogen and oxygen atoms in total. The Kier molecular flexibility index (Phi) is 6.32. The van der Waals surface area contributed by atoms with Crippen molar-refractivity contribution in [3.05, 3.63) is 83.4 Å². The monoisotopic (exact) mass is 429 g/mol. The lowest BCUT2D eigenvalue weighted by molar-refractivity contribution is 0.372. The quantitative estimate of drug-likeness (QED) is 0.409. The molecule has 0 atom stereocenters. The maximum absolute atomic E-state index is 14.2. The van der Waals surface area contributed by atoms with Crippen LogP contribution in [0.4, 0.5) is 27.5 Å². The van der Waals surface area contributed by atoms with E-state index in [0.29, 0.717) is 28.7 Å². The molecule has 160 valence electrons. The summed E-state index contributed by atoms with van der Waals surface area (Å²) in [6.45, 7) is 1.80. The molecular formula is C23H20FN7O. The van der Waals surface area contributed by atoms with Gasteiger partial charge in [0, 0.05) is 17.8 Å². The van der Waals surface area contributed by atoms with Crippen molar-refractivity contribution in [1.82, 2.24) is 20.1 Å². The minimum absolute atomic E-state index is 0.0541. The standard InChI is InChI=1S/C23H20FN7O/c1-15-27-21(32-31-15)7-3-4-16-8-10-18(11-9-16)28-22-20(24)14-26-23(30-22)29-19-6-2-5-17(12-19)13-25/h2,5-6,8-12,14H,3-4,7H2,1H3,(H2,26,28,29,30). The molecule has 0 radical (unpaired) electrons. The number of hydrogen-bond acceptors (Lipinski definition) is 8. The number of nitrogens with one attached hydrogen (secondary N) is 2. The third-order valence-electron chi connectivity index (χ3n) is 4.63. The minimum Gasteiger partial charge on any atom is -0.339 e. The number of nitrogens with zero attached hydrogens (tertiary/aromatic N) is 5. The van der Waals surface area contributed by atoms with Crippen molar-refractivity contribution in [3.8, 4) is 6.07 Å². The van der Waals surface area contributed by atoms with Crippen molar-refractivity contribution in [3.63, 3.8) is 0 Å². The van der Waals surface area contributed by atoms with Crippen LogP contribution in [0.1, 0.15) is 29.3 Å². The molecule has 0 aliphatic heterocycles. The van der Waals surface area contributed by atoms with Crippen molar-refractivity contribution in [2.45, 2.75) is 26.2 Å². The Morgan fingerprint density at radius 1 is 1.03 bits per heavy atom. The zero-order valence-corrected chi connectivity index (χ0v) is 17.3. The van der Waals surface area contributed by atoms with Crippen LogP contribution in [0.2, 0.25) is 0 Å². The molecule has 32 heavy (non-hydrogen) atoms. The summed E-state index contributed by atoms with van der Waals surface area (Å²) in [7, 11) is 0. The molecular weight excluding hydrogens is 409 g/mol. The van der Waals surface area contributed by atoms with Crippen LogP contribution in [-0.4, -0.2) is 20.1 Å². The normalized spacial score (nSPS) is 10.5. The number of halogens is 1. The van der Waals surface area contributed by atoms with E-state index in [0.717, 1.165) is 31.0 Å². The summed E-state index contributed by atoms with van der Waals surface area (Å²) in [6, 6.07) is 16.7. The highest BCUT2D eigenvalue weighted by molar-refractivity contribution is 5.61. The number of aromatic nitrogens is 4. The second-order valence-corrected chi connectivity index (χ2v) is 7.12. The Morgan fingerprint density at radius 3 is 2.62 bits per heavy atom. The van der Waals surface area contributed by atoms with Gasteiger partial charge in [-0.15, -0.1) is 0 Å². The fraction of sp³-hybridized carbons (Fsp3) is 0.174. The summed E-state index contributed by atoms with van der Waals surface area (Å²) in [5, 5.41) is 18.8. The summed E-state index contributed by atoms with van der Waals surface area (Å²) in [6.07, 6.45) is 3.57. The molecule has 0 spiro atoms. The first-order chi connectivity index (χ1) is 15.6. The maximum Gasteiger partial charge on any atom is 0.229 e. The fourth-order valence-corrected chi connectivity index (χ4v) is 3.09. The summed E-state index contributed by atoms with van der Waals surface area (Å²) in [5.41, 5.74) is 3.00. The summed E-state index contributed by atoms with van der Waals surface area (Å²) in [4.78, 5) is 12.4. The number of aryl methyl sites for hydroxylation is 3. The molecule has 0 saturated carbocycles. The van der Waals surface area contributed by atoms with Gasteiger partial charge in [0.2, 0.25) is 11.8 Å². The molecule has 0 aliphatic rings. The van der Waals surface area contributed by atoms with E-state index in [2.05, 4.69) is 36.8 Å². The molecule has 0 amide bonds. The van der Waals surface area contributed by atoms with E-state index in [1.165, 1.54) is 0 Å². The second kappa shape index (κ2) is 9.66. The molecule has 4 rings (SSSR count). The second-order valence-electron chi connectivity index (χ2n) is 7.12. The molecule has 0 aliphatic carbocycles. The molecule has 0 saturated heterocycles. The first-order valence-electron chi connectivity index (χ1n) is 10.0. The number of benzene rings is 2. The van der Waals surface area contributed by atoms with Gasteiger partial charge in [0.15, 0.2) is 17.5 Å². The number of anilines is 4. The number of nitriles is 1. The smallest absolute Gasteiger partial charge is 0.229 e. The molecule has 2 N–H and O–H groups in total. The van der Waals surface area contributed by atoms with Crippen molar-refractivity contribution >= 4 is 23.1 Å². The molecule has 0 unspecified atom stereocenters. The maximum atomic E-state index is 14.2. The van der Waals surface area contributed by atoms with E-state index in [9.17, 15) is 4.39 Å². The van der Waals surface area contributed by atoms with Gasteiger partial charge in [0.05, 0.1) is 17.8 Å². The number of rotatable bonds is 8. The highest BCUT2D eigenvalue weighted by atomic mass is 19.1. The minimum atomic E-state index is -0.569. The van der Waals surface area contributed by atoms with Crippen LogP contribution >= 0.6 is 0 Å². The Labute approximate surface area is 184 Å². The molecule has 2 aromatic carbocycles. The van der Waals surface area contributed by atoms with Gasteiger partial charge >= 0.3 is 0 Å². The lowest BCUT2D eigenvalue weighted by Gasteiger charge is -2.10. The van der Waals surface area contributed by atoms with Gasteiger partial charge in [-0.3, -0.25) is 0 Å². The van der Waals surface area contributed by atoms with Crippen LogP contribution in [0.5, 0.6) is 0 Å². The summed E-state index contributed by atoms with van der Waals surface area (Å²) >= 11 is 0. The Bertz CT molecular complexity index is 1250. The van der Waals surface area contributed by atoms with E-state index >= 15 is 0 Å². The Morgan fingerprint density at radius 2 is 1.88 bits per heavy atom. The van der Waals surface area contributed by atoms with Gasteiger partial charge in [-0.25, -0.2) is 9.37 Å². The van der Waals surface area contributed by atoms with Crippen LogP contribution in [0.25, 0.3) is 0 Å². The molecule has 2 aromatic heterocycles. The van der Waals surface area contributed by atoms with Gasteiger partial charge in [-0.1, -0.05) is 23.4 Å². The fourth-order valence-electron chi connectivity index (χ4n) is 3.09. The molecule has 4 aromatic rings. The van der Waals surface area contributed by atoms with Crippen LogP contribution in [-0.2, 0) is 12.8 Å². The highest BCUT2D eigenvalue weighted by Gasteiger charge is 2.09. The van der Waals surface area contributed by atoms with Crippen molar-refractivity contribution in [2.75, 3.05) is 10.6 Å². The molecule has 0 bridgehead atoms. The highest BCUT2D eigenvalue weighted by Crippen LogP contribution is 2.21. The SMILES string of the molecule is Cc1noc(CCCc2ccc(Nc3nc(Nc4cccc(C#N)c4)ncc3F)cc2)n1. The van der Waals surface area contributed by atoms with E-state index < -0.39 is 5.82 Å². The van der Waals surface area contributed by atoms with Crippen LogP contribution in [0.3, 0.4) is 0 Å². The predicted molar refractivity (Wildman–Crippen MR) is 117 cm³/mol. The third kappa shape index (κ3) is 5.43. The third-order valence-corrected chi connectivity index (χ3v) is 4.63. The zero-order valence-electron chi connectivity index (χ0n) is 17.3. The predicted octanol–water partition coefficient (Wildman–Crippen LogP) is 4.84. The average Bonchev–Trinajstić information content (AvgIpc) is 3.22. The topological polar surface area (TPSA) is 113 Å². The van der Waals surface area contributed by atoms with Gasteiger partial charge in [-0.05, 0) is 55.7 Å². The van der Waals surface area contributed by atoms with Crippen LogP contribution in [0.15, 0.2) is 59.3 Å². The van der Waals surface area contributed by atoms with Gasteiger partial charge in [0.1, 0.15) is 0 Å². The Hall–Kier alpha value is -4.32. The van der Waals surface area contributed by atoms with E-state index in [1.54, 1.807) is 31.2 Å². The average molecular weight is 429 g/mol. The van der Waals surface area contributed by atoms with Gasteiger partial charge in [-0.2, -0.15) is 15.2 Å². The van der Waals surface area contributed by atoms with E-state index in [1.807, 2.05) is 24.3 Å². The lowest BCUT2D eigenvalue weighted by atomic mass is 10.1. The first-order valence-corrected chi connectivity index (χ1v) is 10.0. The molecule has 2 heterocycles. The van der Waals surface area contributed by atoms with Crippen molar-refractivity contribution in [2.24, 2.45) is 0 Å².